The maximum Gasteiger partial charge on any atom is 0.145 e. The molecule has 0 aliphatic carbocycles. The first kappa shape index (κ1) is 13.9. The topological polar surface area (TPSA) is 50.3 Å². The zero-order chi connectivity index (χ0) is 14.7. The van der Waals surface area contributed by atoms with E-state index in [1.165, 1.54) is 11.3 Å². The number of rotatable bonds is 4. The minimum Gasteiger partial charge on any atom is -0.382 e. The molecule has 5 heteroatoms. The monoisotopic (exact) mass is 285 g/mol. The molecule has 1 aliphatic heterocycles. The van der Waals surface area contributed by atoms with Crippen LogP contribution < -0.4 is 10.6 Å². The molecule has 0 saturated carbocycles. The van der Waals surface area contributed by atoms with Gasteiger partial charge in [0.25, 0.3) is 0 Å². The molecule has 2 heterocycles. The Morgan fingerprint density at radius 2 is 1.90 bits per heavy atom. The van der Waals surface area contributed by atoms with Gasteiger partial charge in [-0.2, -0.15) is 5.10 Å². The van der Waals surface area contributed by atoms with Gasteiger partial charge in [-0.3, -0.25) is 9.58 Å². The van der Waals surface area contributed by atoms with Crippen molar-refractivity contribution in [2.24, 2.45) is 0 Å². The number of nitrogens with zero attached hydrogens (tertiary/aromatic N) is 4. The Kier molecular flexibility index (Phi) is 4.10. The van der Waals surface area contributed by atoms with E-state index in [0.29, 0.717) is 5.82 Å². The van der Waals surface area contributed by atoms with E-state index in [-0.39, 0.29) is 0 Å². The molecule has 1 fully saturated rings. The minimum absolute atomic E-state index is 0.597. The first-order valence-corrected chi connectivity index (χ1v) is 7.53. The third-order valence-electron chi connectivity index (χ3n) is 4.05. The quantitative estimate of drug-likeness (QED) is 0.927. The fraction of sp³-hybridized carbons (Fsp3) is 0.438. The Labute approximate surface area is 126 Å². The molecule has 2 N–H and O–H groups in total. The van der Waals surface area contributed by atoms with E-state index < -0.39 is 0 Å². The molecule has 0 spiro atoms. The summed E-state index contributed by atoms with van der Waals surface area (Å²) >= 11 is 0. The van der Waals surface area contributed by atoms with Crippen LogP contribution in [-0.2, 0) is 6.54 Å². The molecule has 2 aromatic rings. The molecule has 1 aromatic heterocycles. The van der Waals surface area contributed by atoms with E-state index in [1.807, 2.05) is 16.9 Å². The van der Waals surface area contributed by atoms with Gasteiger partial charge in [0.2, 0.25) is 0 Å². The van der Waals surface area contributed by atoms with Gasteiger partial charge in [0.15, 0.2) is 0 Å². The molecular formula is C16H23N5. The predicted molar refractivity (Wildman–Crippen MR) is 86.5 cm³/mol. The number of hydrogen-bond acceptors (Lipinski definition) is 4. The second kappa shape index (κ2) is 6.18. The highest BCUT2D eigenvalue weighted by atomic mass is 15.3. The lowest BCUT2D eigenvalue weighted by molar-refractivity contribution is 0.244. The molecule has 3 rings (SSSR count). The summed E-state index contributed by atoms with van der Waals surface area (Å²) in [7, 11) is 0. The number of benzene rings is 1. The number of aromatic nitrogens is 2. The average molecular weight is 285 g/mol. The van der Waals surface area contributed by atoms with Crippen LogP contribution in [0.2, 0.25) is 0 Å². The van der Waals surface area contributed by atoms with E-state index in [4.69, 9.17) is 5.73 Å². The van der Waals surface area contributed by atoms with Crippen molar-refractivity contribution in [2.45, 2.75) is 13.5 Å². The van der Waals surface area contributed by atoms with Crippen LogP contribution in [0.15, 0.2) is 36.5 Å². The van der Waals surface area contributed by atoms with Crippen LogP contribution in [0.4, 0.5) is 11.5 Å². The Hall–Kier alpha value is -2.01. The lowest BCUT2D eigenvalue weighted by Crippen LogP contribution is -2.47. The van der Waals surface area contributed by atoms with E-state index >= 15 is 0 Å². The van der Waals surface area contributed by atoms with Crippen LogP contribution in [0.1, 0.15) is 5.56 Å². The number of nitrogen functional groups attached to an aromatic ring is 1. The van der Waals surface area contributed by atoms with Gasteiger partial charge in [0, 0.05) is 44.6 Å². The van der Waals surface area contributed by atoms with Gasteiger partial charge in [0.05, 0.1) is 6.54 Å². The van der Waals surface area contributed by atoms with Gasteiger partial charge < -0.3 is 10.6 Å². The molecular weight excluding hydrogens is 262 g/mol. The van der Waals surface area contributed by atoms with Crippen molar-refractivity contribution in [1.29, 1.82) is 0 Å². The third-order valence-corrected chi connectivity index (χ3v) is 4.05. The standard InChI is InChI=1S/C16H23N5/c1-14-3-2-4-15(13-14)20-10-7-19(8-11-20)9-12-21-6-5-16(17)18-21/h2-6,13H,7-12H2,1H3,(H2,17,18). The summed E-state index contributed by atoms with van der Waals surface area (Å²) in [4.78, 5) is 4.96. The summed E-state index contributed by atoms with van der Waals surface area (Å²) in [6.07, 6.45) is 1.94. The van der Waals surface area contributed by atoms with Crippen LogP contribution in [-0.4, -0.2) is 47.4 Å². The largest absolute Gasteiger partial charge is 0.382 e. The van der Waals surface area contributed by atoms with Crippen molar-refractivity contribution >= 4 is 11.5 Å². The van der Waals surface area contributed by atoms with Crippen LogP contribution in [0.3, 0.4) is 0 Å². The third kappa shape index (κ3) is 3.55. The first-order chi connectivity index (χ1) is 10.2. The first-order valence-electron chi connectivity index (χ1n) is 7.53. The van der Waals surface area contributed by atoms with Crippen molar-refractivity contribution < 1.29 is 0 Å². The molecule has 1 aromatic carbocycles. The van der Waals surface area contributed by atoms with Gasteiger partial charge in [-0.15, -0.1) is 0 Å². The molecule has 0 amide bonds. The Bertz CT molecular complexity index is 584. The van der Waals surface area contributed by atoms with Crippen LogP contribution in [0.5, 0.6) is 0 Å². The summed E-state index contributed by atoms with van der Waals surface area (Å²) in [6, 6.07) is 10.6. The second-order valence-electron chi connectivity index (χ2n) is 5.67. The van der Waals surface area contributed by atoms with Crippen molar-refractivity contribution in [2.75, 3.05) is 43.4 Å². The molecule has 0 atom stereocenters. The van der Waals surface area contributed by atoms with E-state index in [2.05, 4.69) is 46.1 Å². The van der Waals surface area contributed by atoms with Crippen LogP contribution in [0, 0.1) is 6.92 Å². The summed E-state index contributed by atoms with van der Waals surface area (Å²) in [6.45, 7) is 8.46. The van der Waals surface area contributed by atoms with E-state index in [1.54, 1.807) is 0 Å². The molecule has 0 radical (unpaired) electrons. The average Bonchev–Trinajstić information content (AvgIpc) is 2.91. The predicted octanol–water partition coefficient (Wildman–Crippen LogP) is 1.60. The fourth-order valence-corrected chi connectivity index (χ4v) is 2.80. The molecule has 1 aliphatic rings. The zero-order valence-corrected chi connectivity index (χ0v) is 12.6. The lowest BCUT2D eigenvalue weighted by atomic mass is 10.2. The van der Waals surface area contributed by atoms with Gasteiger partial charge in [-0.25, -0.2) is 0 Å². The normalized spacial score (nSPS) is 16.3. The Morgan fingerprint density at radius 3 is 2.57 bits per heavy atom. The summed E-state index contributed by atoms with van der Waals surface area (Å²) in [5.41, 5.74) is 8.30. The maximum absolute atomic E-state index is 5.63. The van der Waals surface area contributed by atoms with Gasteiger partial charge in [-0.05, 0) is 30.7 Å². The fourth-order valence-electron chi connectivity index (χ4n) is 2.80. The minimum atomic E-state index is 0.597. The molecule has 1 saturated heterocycles. The zero-order valence-electron chi connectivity index (χ0n) is 12.6. The molecule has 0 unspecified atom stereocenters. The van der Waals surface area contributed by atoms with Crippen LogP contribution >= 0.6 is 0 Å². The molecule has 0 bridgehead atoms. The van der Waals surface area contributed by atoms with Crippen LogP contribution in [0.25, 0.3) is 0 Å². The number of nitrogens with two attached hydrogens (primary N) is 1. The van der Waals surface area contributed by atoms with Gasteiger partial charge in [-0.1, -0.05) is 12.1 Å². The van der Waals surface area contributed by atoms with E-state index in [9.17, 15) is 0 Å². The molecule has 5 nitrogen and oxygen atoms in total. The second-order valence-corrected chi connectivity index (χ2v) is 5.67. The number of hydrogen-bond donors (Lipinski definition) is 1. The summed E-state index contributed by atoms with van der Waals surface area (Å²) < 4.78 is 1.92. The summed E-state index contributed by atoms with van der Waals surface area (Å²) in [5, 5.41) is 4.22. The lowest BCUT2D eigenvalue weighted by Gasteiger charge is -2.36. The van der Waals surface area contributed by atoms with Crippen molar-refractivity contribution in [3.8, 4) is 0 Å². The Balaban J connectivity index is 1.49. The maximum atomic E-state index is 5.63. The van der Waals surface area contributed by atoms with Gasteiger partial charge >= 0.3 is 0 Å². The number of piperazine rings is 1. The van der Waals surface area contributed by atoms with Crippen molar-refractivity contribution in [1.82, 2.24) is 14.7 Å². The Morgan fingerprint density at radius 1 is 1.10 bits per heavy atom. The van der Waals surface area contributed by atoms with Crippen molar-refractivity contribution in [3.63, 3.8) is 0 Å². The highest BCUT2D eigenvalue weighted by Crippen LogP contribution is 2.17. The summed E-state index contributed by atoms with van der Waals surface area (Å²) in [5.74, 6) is 0.597. The highest BCUT2D eigenvalue weighted by molar-refractivity contribution is 5.48. The van der Waals surface area contributed by atoms with Gasteiger partial charge in [0.1, 0.15) is 5.82 Å². The molecule has 21 heavy (non-hydrogen) atoms. The smallest absolute Gasteiger partial charge is 0.145 e. The molecule has 112 valence electrons. The van der Waals surface area contributed by atoms with Crippen molar-refractivity contribution in [3.05, 3.63) is 42.1 Å². The van der Waals surface area contributed by atoms with E-state index in [0.717, 1.165) is 39.3 Å². The number of aryl methyl sites for hydroxylation is 1. The number of anilines is 2. The highest BCUT2D eigenvalue weighted by Gasteiger charge is 2.16. The SMILES string of the molecule is Cc1cccc(N2CCN(CCn3ccc(N)n3)CC2)c1.